The molecule has 0 aromatic carbocycles. The standard InChI is InChI=1S/C10H14N4O3S2/c1-7(14-19(2,15)16)9-12-13-10(17-9)11-6-8-4-3-5-18-8/h3-5,7,14H,6H2,1-2H3,(H,11,13). The Bertz CT molecular complexity index is 621. The van der Waals surface area contributed by atoms with Crippen LogP contribution in [-0.4, -0.2) is 24.9 Å². The fourth-order valence-electron chi connectivity index (χ4n) is 1.43. The van der Waals surface area contributed by atoms with Gasteiger partial charge in [0.2, 0.25) is 15.9 Å². The maximum absolute atomic E-state index is 11.1. The molecule has 0 aliphatic heterocycles. The number of thiophene rings is 1. The summed E-state index contributed by atoms with van der Waals surface area (Å²) >= 11 is 1.62. The molecule has 0 saturated carbocycles. The Morgan fingerprint density at radius 1 is 1.47 bits per heavy atom. The zero-order chi connectivity index (χ0) is 13.9. The number of hydrogen-bond donors (Lipinski definition) is 2. The van der Waals surface area contributed by atoms with Crippen molar-refractivity contribution in [3.05, 3.63) is 28.3 Å². The Morgan fingerprint density at radius 3 is 2.89 bits per heavy atom. The molecule has 2 N–H and O–H groups in total. The third-order valence-electron chi connectivity index (χ3n) is 2.20. The van der Waals surface area contributed by atoms with Gasteiger partial charge in [0.15, 0.2) is 0 Å². The van der Waals surface area contributed by atoms with Gasteiger partial charge in [-0.25, -0.2) is 13.1 Å². The van der Waals surface area contributed by atoms with Crippen LogP contribution in [0.4, 0.5) is 6.01 Å². The molecule has 0 radical (unpaired) electrons. The zero-order valence-electron chi connectivity index (χ0n) is 10.5. The molecule has 1 unspecified atom stereocenters. The molecule has 0 amide bonds. The maximum Gasteiger partial charge on any atom is 0.315 e. The third kappa shape index (κ3) is 4.30. The van der Waals surface area contributed by atoms with Crippen LogP contribution in [0.5, 0.6) is 0 Å². The van der Waals surface area contributed by atoms with E-state index in [1.165, 1.54) is 0 Å². The minimum absolute atomic E-state index is 0.221. The van der Waals surface area contributed by atoms with Crippen molar-refractivity contribution in [2.75, 3.05) is 11.6 Å². The van der Waals surface area contributed by atoms with Crippen LogP contribution in [0, 0.1) is 0 Å². The van der Waals surface area contributed by atoms with Crippen LogP contribution in [0.3, 0.4) is 0 Å². The predicted molar refractivity (Wildman–Crippen MR) is 72.3 cm³/mol. The fraction of sp³-hybridized carbons (Fsp3) is 0.400. The molecule has 0 saturated heterocycles. The summed E-state index contributed by atoms with van der Waals surface area (Å²) in [5.74, 6) is 0.221. The van der Waals surface area contributed by atoms with Gasteiger partial charge in [-0.05, 0) is 18.4 Å². The van der Waals surface area contributed by atoms with Crippen LogP contribution in [0.15, 0.2) is 21.9 Å². The van der Waals surface area contributed by atoms with E-state index in [9.17, 15) is 8.42 Å². The summed E-state index contributed by atoms with van der Waals surface area (Å²) in [4.78, 5) is 1.14. The molecule has 2 aromatic rings. The topological polar surface area (TPSA) is 97.1 Å². The largest absolute Gasteiger partial charge is 0.406 e. The van der Waals surface area contributed by atoms with Gasteiger partial charge in [0.05, 0.1) is 18.8 Å². The van der Waals surface area contributed by atoms with Gasteiger partial charge in [-0.1, -0.05) is 11.2 Å². The number of nitrogens with zero attached hydrogens (tertiary/aromatic N) is 2. The SMILES string of the molecule is CC(NS(C)(=O)=O)c1nnc(NCc2cccs2)o1. The van der Waals surface area contributed by atoms with E-state index in [4.69, 9.17) is 4.42 Å². The van der Waals surface area contributed by atoms with Crippen LogP contribution in [0.1, 0.15) is 23.7 Å². The van der Waals surface area contributed by atoms with E-state index in [1.54, 1.807) is 18.3 Å². The highest BCUT2D eigenvalue weighted by atomic mass is 32.2. The van der Waals surface area contributed by atoms with Crippen LogP contribution in [0.2, 0.25) is 0 Å². The molecule has 1 atom stereocenters. The van der Waals surface area contributed by atoms with E-state index in [0.717, 1.165) is 11.1 Å². The highest BCUT2D eigenvalue weighted by Gasteiger charge is 2.17. The second-order valence-electron chi connectivity index (χ2n) is 3.99. The van der Waals surface area contributed by atoms with Gasteiger partial charge in [-0.15, -0.1) is 16.4 Å². The number of hydrogen-bond acceptors (Lipinski definition) is 7. The first kappa shape index (κ1) is 14.0. The van der Waals surface area contributed by atoms with Crippen LogP contribution in [0.25, 0.3) is 0 Å². The molecular formula is C10H14N4O3S2. The normalized spacial score (nSPS) is 13.4. The van der Waals surface area contributed by atoms with Gasteiger partial charge in [0, 0.05) is 4.88 Å². The van der Waals surface area contributed by atoms with Crippen molar-refractivity contribution in [2.45, 2.75) is 19.5 Å². The van der Waals surface area contributed by atoms with Crippen molar-refractivity contribution in [3.63, 3.8) is 0 Å². The van der Waals surface area contributed by atoms with Gasteiger partial charge < -0.3 is 9.73 Å². The first-order chi connectivity index (χ1) is 8.94. The van der Waals surface area contributed by atoms with Crippen molar-refractivity contribution in [1.29, 1.82) is 0 Å². The fourth-order valence-corrected chi connectivity index (χ4v) is 2.82. The molecular weight excluding hydrogens is 288 g/mol. The number of nitrogens with one attached hydrogen (secondary N) is 2. The quantitative estimate of drug-likeness (QED) is 0.836. The first-order valence-corrected chi connectivity index (χ1v) is 8.28. The lowest BCUT2D eigenvalue weighted by molar-refractivity contribution is 0.452. The molecule has 2 rings (SSSR count). The van der Waals surface area contributed by atoms with Crippen LogP contribution >= 0.6 is 11.3 Å². The Labute approximate surface area is 115 Å². The number of aromatic nitrogens is 2. The molecule has 7 nitrogen and oxygen atoms in total. The molecule has 9 heteroatoms. The van der Waals surface area contributed by atoms with Gasteiger partial charge in [0.25, 0.3) is 0 Å². The summed E-state index contributed by atoms with van der Waals surface area (Å²) in [6, 6.07) is 3.66. The van der Waals surface area contributed by atoms with Crippen molar-refractivity contribution >= 4 is 27.4 Å². The average molecular weight is 302 g/mol. The van der Waals surface area contributed by atoms with E-state index in [0.29, 0.717) is 6.54 Å². The summed E-state index contributed by atoms with van der Waals surface area (Å²) in [6.45, 7) is 2.23. The number of sulfonamides is 1. The van der Waals surface area contributed by atoms with E-state index >= 15 is 0 Å². The van der Waals surface area contributed by atoms with E-state index in [2.05, 4.69) is 20.2 Å². The lowest BCUT2D eigenvalue weighted by atomic mass is 10.4. The summed E-state index contributed by atoms with van der Waals surface area (Å²) in [6.07, 6.45) is 1.08. The lowest BCUT2D eigenvalue weighted by Crippen LogP contribution is -2.25. The summed E-state index contributed by atoms with van der Waals surface area (Å²) < 4.78 is 29.9. The Hall–Kier alpha value is -1.45. The zero-order valence-corrected chi connectivity index (χ0v) is 12.1. The molecule has 19 heavy (non-hydrogen) atoms. The number of rotatable bonds is 6. The molecule has 0 aliphatic rings. The van der Waals surface area contributed by atoms with E-state index in [1.807, 2.05) is 17.5 Å². The Balaban J connectivity index is 1.95. The summed E-state index contributed by atoms with van der Waals surface area (Å²) in [5.41, 5.74) is 0. The molecule has 104 valence electrons. The third-order valence-corrected chi connectivity index (χ3v) is 3.85. The van der Waals surface area contributed by atoms with Crippen molar-refractivity contribution in [1.82, 2.24) is 14.9 Å². The molecule has 0 fully saturated rings. The molecule has 2 aromatic heterocycles. The smallest absolute Gasteiger partial charge is 0.315 e. The summed E-state index contributed by atoms with van der Waals surface area (Å²) in [7, 11) is -3.31. The highest BCUT2D eigenvalue weighted by molar-refractivity contribution is 7.88. The van der Waals surface area contributed by atoms with Gasteiger partial charge >= 0.3 is 6.01 Å². The molecule has 0 aliphatic carbocycles. The summed E-state index contributed by atoms with van der Waals surface area (Å²) in [5, 5.41) is 12.6. The van der Waals surface area contributed by atoms with Crippen molar-refractivity contribution in [3.8, 4) is 0 Å². The molecule has 0 bridgehead atoms. The molecule has 2 heterocycles. The van der Waals surface area contributed by atoms with Crippen LogP contribution in [-0.2, 0) is 16.6 Å². The monoisotopic (exact) mass is 302 g/mol. The van der Waals surface area contributed by atoms with Crippen LogP contribution < -0.4 is 10.0 Å². The van der Waals surface area contributed by atoms with Gasteiger partial charge in [0.1, 0.15) is 0 Å². The predicted octanol–water partition coefficient (Wildman–Crippen LogP) is 1.35. The second kappa shape index (κ2) is 5.68. The second-order valence-corrected chi connectivity index (χ2v) is 6.80. The Kier molecular flexibility index (Phi) is 4.17. The molecule has 0 spiro atoms. The minimum atomic E-state index is -3.31. The van der Waals surface area contributed by atoms with Crippen molar-refractivity contribution in [2.24, 2.45) is 0 Å². The first-order valence-electron chi connectivity index (χ1n) is 5.51. The number of anilines is 1. The van der Waals surface area contributed by atoms with E-state index in [-0.39, 0.29) is 11.9 Å². The Morgan fingerprint density at radius 2 is 2.26 bits per heavy atom. The van der Waals surface area contributed by atoms with Gasteiger partial charge in [-0.2, -0.15) is 0 Å². The lowest BCUT2D eigenvalue weighted by Gasteiger charge is -2.06. The minimum Gasteiger partial charge on any atom is -0.406 e. The maximum atomic E-state index is 11.1. The highest BCUT2D eigenvalue weighted by Crippen LogP contribution is 2.16. The van der Waals surface area contributed by atoms with Crippen molar-refractivity contribution < 1.29 is 12.8 Å². The van der Waals surface area contributed by atoms with E-state index < -0.39 is 16.1 Å². The van der Waals surface area contributed by atoms with Gasteiger partial charge in [-0.3, -0.25) is 0 Å². The average Bonchev–Trinajstić information content (AvgIpc) is 2.96.